The van der Waals surface area contributed by atoms with Crippen LogP contribution in [0.3, 0.4) is 0 Å². The van der Waals surface area contributed by atoms with Crippen LogP contribution in [0.25, 0.3) is 0 Å². The molecule has 0 saturated carbocycles. The first-order valence-electron chi connectivity index (χ1n) is 6.81. The van der Waals surface area contributed by atoms with Crippen molar-refractivity contribution in [3.05, 3.63) is 56.7 Å². The second kappa shape index (κ2) is 6.40. The molecule has 6 heteroatoms. The Morgan fingerprint density at radius 2 is 1.90 bits per heavy atom. The summed E-state index contributed by atoms with van der Waals surface area (Å²) in [7, 11) is 0. The molecule has 1 N–H and O–H groups in total. The van der Waals surface area contributed by atoms with Crippen LogP contribution in [0.4, 0.5) is 8.78 Å². The molecular weight excluding hydrogens is 314 g/mol. The maximum Gasteiger partial charge on any atom is 0.163 e. The van der Waals surface area contributed by atoms with Gasteiger partial charge < -0.3 is 5.32 Å². The molecule has 1 aliphatic rings. The topological polar surface area (TPSA) is 15.3 Å². The van der Waals surface area contributed by atoms with Gasteiger partial charge in [0.25, 0.3) is 0 Å². The normalized spacial score (nSPS) is 17.9. The Morgan fingerprint density at radius 1 is 1.14 bits per heavy atom. The van der Waals surface area contributed by atoms with Crippen LogP contribution in [0.15, 0.2) is 30.3 Å². The van der Waals surface area contributed by atoms with E-state index in [1.807, 2.05) is 6.07 Å². The summed E-state index contributed by atoms with van der Waals surface area (Å²) in [5.41, 5.74) is 0.371. The van der Waals surface area contributed by atoms with Gasteiger partial charge in [0, 0.05) is 36.6 Å². The van der Waals surface area contributed by atoms with Crippen LogP contribution in [0, 0.1) is 11.6 Å². The van der Waals surface area contributed by atoms with Crippen LogP contribution < -0.4 is 5.32 Å². The molecule has 0 spiro atoms. The van der Waals surface area contributed by atoms with Crippen LogP contribution in [0.2, 0.25) is 4.34 Å². The minimum atomic E-state index is -0.810. The molecule has 0 radical (unpaired) electrons. The molecule has 0 amide bonds. The van der Waals surface area contributed by atoms with E-state index < -0.39 is 11.6 Å². The monoisotopic (exact) mass is 328 g/mol. The number of nitrogens with zero attached hydrogens (tertiary/aromatic N) is 1. The predicted molar refractivity (Wildman–Crippen MR) is 82.0 cm³/mol. The van der Waals surface area contributed by atoms with E-state index in [-0.39, 0.29) is 6.04 Å². The third kappa shape index (κ3) is 3.11. The Balaban J connectivity index is 2.04. The lowest BCUT2D eigenvalue weighted by Crippen LogP contribution is -2.45. The number of hydrogen-bond donors (Lipinski definition) is 1. The molecule has 1 aliphatic heterocycles. The number of piperazine rings is 1. The van der Waals surface area contributed by atoms with Gasteiger partial charge in [-0.15, -0.1) is 11.3 Å². The van der Waals surface area contributed by atoms with Crippen LogP contribution in [0.1, 0.15) is 16.5 Å². The fourth-order valence-electron chi connectivity index (χ4n) is 2.68. The summed E-state index contributed by atoms with van der Waals surface area (Å²) in [5.74, 6) is -1.58. The summed E-state index contributed by atoms with van der Waals surface area (Å²) < 4.78 is 28.5. The van der Waals surface area contributed by atoms with E-state index in [2.05, 4.69) is 10.2 Å². The third-order valence-corrected chi connectivity index (χ3v) is 4.94. The lowest BCUT2D eigenvalue weighted by Gasteiger charge is -2.34. The highest BCUT2D eigenvalue weighted by atomic mass is 35.5. The number of thiophene rings is 1. The number of rotatable bonds is 3. The average Bonchev–Trinajstić information content (AvgIpc) is 2.91. The van der Waals surface area contributed by atoms with Crippen LogP contribution in [-0.4, -0.2) is 31.1 Å². The van der Waals surface area contributed by atoms with Gasteiger partial charge in [0.15, 0.2) is 11.6 Å². The Morgan fingerprint density at radius 3 is 2.57 bits per heavy atom. The standard InChI is InChI=1S/C15H15ClF2N2S/c16-13-5-4-12(21-13)15(20-8-6-19-7-9-20)10-2-1-3-11(17)14(10)18/h1-5,15,19H,6-9H2/t15-/m0/s1. The number of halogens is 3. The van der Waals surface area contributed by atoms with Gasteiger partial charge in [-0.25, -0.2) is 8.78 Å². The van der Waals surface area contributed by atoms with Gasteiger partial charge in [0.1, 0.15) is 0 Å². The highest BCUT2D eigenvalue weighted by Gasteiger charge is 2.28. The molecule has 2 nitrogen and oxygen atoms in total. The summed E-state index contributed by atoms with van der Waals surface area (Å²) in [6.45, 7) is 3.26. The Bertz CT molecular complexity index is 626. The zero-order valence-electron chi connectivity index (χ0n) is 11.3. The molecule has 1 fully saturated rings. The maximum absolute atomic E-state index is 14.3. The fraction of sp³-hybridized carbons (Fsp3) is 0.333. The molecule has 1 aromatic heterocycles. The molecular formula is C15H15ClF2N2S. The van der Waals surface area contributed by atoms with Gasteiger partial charge in [-0.2, -0.15) is 0 Å². The van der Waals surface area contributed by atoms with E-state index in [0.29, 0.717) is 9.90 Å². The zero-order chi connectivity index (χ0) is 14.8. The Kier molecular flexibility index (Phi) is 4.54. The molecule has 2 aromatic rings. The molecule has 3 rings (SSSR count). The van der Waals surface area contributed by atoms with Crippen molar-refractivity contribution in [1.29, 1.82) is 0 Å². The average molecular weight is 329 g/mol. The van der Waals surface area contributed by atoms with Crippen molar-refractivity contribution < 1.29 is 8.78 Å². The van der Waals surface area contributed by atoms with Crippen LogP contribution >= 0.6 is 22.9 Å². The second-order valence-corrected chi connectivity index (χ2v) is 6.72. The number of nitrogens with one attached hydrogen (secondary N) is 1. The lowest BCUT2D eigenvalue weighted by molar-refractivity contribution is 0.197. The first-order valence-corrected chi connectivity index (χ1v) is 8.00. The second-order valence-electron chi connectivity index (χ2n) is 4.97. The number of benzene rings is 1. The summed E-state index contributed by atoms with van der Waals surface area (Å²) >= 11 is 7.43. The first-order chi connectivity index (χ1) is 10.2. The molecule has 1 aromatic carbocycles. The first kappa shape index (κ1) is 14.9. The van der Waals surface area contributed by atoms with Crippen molar-refractivity contribution >= 4 is 22.9 Å². The molecule has 112 valence electrons. The van der Waals surface area contributed by atoms with Crippen molar-refractivity contribution in [2.75, 3.05) is 26.2 Å². The smallest absolute Gasteiger partial charge is 0.163 e. The summed E-state index contributed by atoms with van der Waals surface area (Å²) in [4.78, 5) is 3.10. The maximum atomic E-state index is 14.3. The molecule has 1 saturated heterocycles. The fourth-order valence-corrected chi connectivity index (χ4v) is 3.89. The van der Waals surface area contributed by atoms with Crippen LogP contribution in [0.5, 0.6) is 0 Å². The molecule has 2 heterocycles. The van der Waals surface area contributed by atoms with Gasteiger partial charge in [-0.05, 0) is 18.2 Å². The molecule has 1 atom stereocenters. The van der Waals surface area contributed by atoms with E-state index in [1.54, 1.807) is 18.2 Å². The lowest BCUT2D eigenvalue weighted by atomic mass is 10.0. The van der Waals surface area contributed by atoms with Gasteiger partial charge in [-0.1, -0.05) is 23.7 Å². The van der Waals surface area contributed by atoms with E-state index in [1.165, 1.54) is 11.3 Å². The van der Waals surface area contributed by atoms with Crippen molar-refractivity contribution in [2.24, 2.45) is 0 Å². The molecule has 21 heavy (non-hydrogen) atoms. The Labute approximate surface area is 131 Å². The van der Waals surface area contributed by atoms with Gasteiger partial charge in [0.2, 0.25) is 0 Å². The largest absolute Gasteiger partial charge is 0.314 e. The van der Waals surface area contributed by atoms with E-state index >= 15 is 0 Å². The van der Waals surface area contributed by atoms with Gasteiger partial charge >= 0.3 is 0 Å². The molecule has 0 unspecified atom stereocenters. The molecule has 0 aliphatic carbocycles. The molecule has 0 bridgehead atoms. The minimum absolute atomic E-state index is 0.291. The van der Waals surface area contributed by atoms with Crippen molar-refractivity contribution in [3.8, 4) is 0 Å². The summed E-state index contributed by atoms with van der Waals surface area (Å²) in [6.07, 6.45) is 0. The van der Waals surface area contributed by atoms with Gasteiger partial charge in [0.05, 0.1) is 10.4 Å². The SMILES string of the molecule is Fc1cccc([C@@H](c2ccc(Cl)s2)N2CCNCC2)c1F. The number of hydrogen-bond acceptors (Lipinski definition) is 3. The van der Waals surface area contributed by atoms with Gasteiger partial charge in [-0.3, -0.25) is 4.90 Å². The summed E-state index contributed by atoms with van der Waals surface area (Å²) in [6, 6.07) is 7.75. The van der Waals surface area contributed by atoms with E-state index in [9.17, 15) is 8.78 Å². The Hall–Kier alpha value is -1.01. The minimum Gasteiger partial charge on any atom is -0.314 e. The zero-order valence-corrected chi connectivity index (χ0v) is 12.9. The predicted octanol–water partition coefficient (Wildman–Crippen LogP) is 3.67. The highest BCUT2D eigenvalue weighted by Crippen LogP contribution is 2.36. The van der Waals surface area contributed by atoms with Crippen molar-refractivity contribution in [1.82, 2.24) is 10.2 Å². The third-order valence-electron chi connectivity index (χ3n) is 3.66. The summed E-state index contributed by atoms with van der Waals surface area (Å²) in [5, 5.41) is 3.27. The highest BCUT2D eigenvalue weighted by molar-refractivity contribution is 7.16. The van der Waals surface area contributed by atoms with Crippen molar-refractivity contribution in [3.63, 3.8) is 0 Å². The van der Waals surface area contributed by atoms with Crippen molar-refractivity contribution in [2.45, 2.75) is 6.04 Å². The van der Waals surface area contributed by atoms with E-state index in [4.69, 9.17) is 11.6 Å². The van der Waals surface area contributed by atoms with E-state index in [0.717, 1.165) is 37.1 Å². The van der Waals surface area contributed by atoms with Crippen LogP contribution in [-0.2, 0) is 0 Å². The quantitative estimate of drug-likeness (QED) is 0.924.